The summed E-state index contributed by atoms with van der Waals surface area (Å²) in [6.45, 7) is 4.08. The molecule has 12 nitrogen and oxygen atoms in total. The molecule has 0 spiro atoms. The Morgan fingerprint density at radius 3 is 1.36 bits per heavy atom. The molecule has 1 rings (SSSR count). The Kier molecular flexibility index (Phi) is 39.7. The second kappa shape index (κ2) is 42.6. The van der Waals surface area contributed by atoms with Gasteiger partial charge in [0.15, 0.2) is 0 Å². The first-order valence-corrected chi connectivity index (χ1v) is 26.9. The van der Waals surface area contributed by atoms with Crippen LogP contribution < -0.4 is 0 Å². The Morgan fingerprint density at radius 2 is 0.894 bits per heavy atom. The maximum absolute atomic E-state index is 12.9. The minimum atomic E-state index is -5.04. The van der Waals surface area contributed by atoms with E-state index in [1.807, 2.05) is 0 Å². The molecule has 6 N–H and O–H groups in total. The van der Waals surface area contributed by atoms with Gasteiger partial charge in [-0.05, 0) is 89.9 Å². The number of carbonyl (C=O) groups is 1. The van der Waals surface area contributed by atoms with Crippen molar-refractivity contribution in [3.63, 3.8) is 0 Å². The van der Waals surface area contributed by atoms with E-state index in [0.717, 1.165) is 89.9 Å². The quantitative estimate of drug-likeness (QED) is 0.0147. The lowest BCUT2D eigenvalue weighted by molar-refractivity contribution is -0.220. The first kappa shape index (κ1) is 61.5. The third-order valence-corrected chi connectivity index (χ3v) is 12.2. The molecule has 0 aromatic heterocycles. The molecule has 0 saturated heterocycles. The minimum absolute atomic E-state index is 0.0971. The lowest BCUT2D eigenvalue weighted by Gasteiger charge is -2.41. The van der Waals surface area contributed by atoms with Gasteiger partial charge in [0.25, 0.3) is 0 Å². The van der Waals surface area contributed by atoms with E-state index in [0.29, 0.717) is 13.0 Å². The SMILES string of the molecule is CC/C=C\C/C=C\C/C=C\C/C=C\C/C=C\CCCCCC(=O)OC(COCCCCCCCCCCCC/C=C\C/C=C\CCCCC)COP(=O)(O)OC1C(O)C(O)C(O)C(O)C1O. The lowest BCUT2D eigenvalue weighted by atomic mass is 9.85. The van der Waals surface area contributed by atoms with Gasteiger partial charge < -0.3 is 39.9 Å². The first-order chi connectivity index (χ1) is 32.0. The van der Waals surface area contributed by atoms with Gasteiger partial charge in [0.1, 0.15) is 42.7 Å². The van der Waals surface area contributed by atoms with Crippen LogP contribution >= 0.6 is 7.82 Å². The molecular weight excluding hydrogens is 860 g/mol. The van der Waals surface area contributed by atoms with Crippen LogP contribution in [0.25, 0.3) is 0 Å². The van der Waals surface area contributed by atoms with E-state index in [2.05, 4.69) is 98.9 Å². The van der Waals surface area contributed by atoms with Gasteiger partial charge in [0.2, 0.25) is 0 Å². The highest BCUT2D eigenvalue weighted by atomic mass is 31.2. The standard InChI is InChI=1S/C53H91O12P/c1-3-5-7-9-11-13-15-17-19-21-23-25-27-29-31-33-35-37-39-41-43-62-44-46(45-63-66(60,61)65-53-51(58)49(56)48(55)50(57)52(53)59)64-47(54)42-40-38-36-34-32-30-28-26-24-22-20-18-16-14-12-10-8-6-4-2/h6,8,11-14,17-20,24,26,30,32,46,48-53,55-59H,3-5,7,9-10,15-16,21-23,25,27-29,31,33-45H2,1-2H3,(H,60,61)/b8-6-,13-11-,14-12-,19-17-,20-18-,26-24-,32-30-. The number of hydrogen-bond acceptors (Lipinski definition) is 11. The summed E-state index contributed by atoms with van der Waals surface area (Å²) in [4.78, 5) is 23.2. The van der Waals surface area contributed by atoms with Gasteiger partial charge in [-0.1, -0.05) is 170 Å². The van der Waals surface area contributed by atoms with Crippen LogP contribution in [0.5, 0.6) is 0 Å². The molecule has 380 valence electrons. The summed E-state index contributed by atoms with van der Waals surface area (Å²) in [5.41, 5.74) is 0. The van der Waals surface area contributed by atoms with E-state index in [1.54, 1.807) is 0 Å². The van der Waals surface area contributed by atoms with Crippen LogP contribution in [0.3, 0.4) is 0 Å². The maximum atomic E-state index is 12.9. The van der Waals surface area contributed by atoms with Gasteiger partial charge in [-0.25, -0.2) is 4.57 Å². The second-order valence-electron chi connectivity index (χ2n) is 17.3. The molecule has 0 amide bonds. The molecule has 0 radical (unpaired) electrons. The number of rotatable bonds is 42. The van der Waals surface area contributed by atoms with E-state index in [1.165, 1.54) is 64.2 Å². The Bertz CT molecular complexity index is 1410. The fourth-order valence-corrected chi connectivity index (χ4v) is 8.21. The molecule has 6 atom stereocenters. The highest BCUT2D eigenvalue weighted by molar-refractivity contribution is 7.47. The van der Waals surface area contributed by atoms with Crippen molar-refractivity contribution in [2.45, 2.75) is 224 Å². The lowest BCUT2D eigenvalue weighted by Crippen LogP contribution is -2.64. The third-order valence-electron chi connectivity index (χ3n) is 11.3. The van der Waals surface area contributed by atoms with Crippen molar-refractivity contribution in [1.82, 2.24) is 0 Å². The van der Waals surface area contributed by atoms with Crippen molar-refractivity contribution < 1.29 is 58.3 Å². The van der Waals surface area contributed by atoms with E-state index in [-0.39, 0.29) is 13.0 Å². The largest absolute Gasteiger partial charge is 0.472 e. The normalized spacial score (nSPS) is 22.1. The summed E-state index contributed by atoms with van der Waals surface area (Å²) >= 11 is 0. The number of aliphatic hydroxyl groups excluding tert-OH is 5. The molecule has 0 aromatic carbocycles. The van der Waals surface area contributed by atoms with Gasteiger partial charge in [0, 0.05) is 13.0 Å². The molecule has 0 aromatic rings. The summed E-state index contributed by atoms with van der Waals surface area (Å²) < 4.78 is 34.3. The Balaban J connectivity index is 2.39. The zero-order valence-corrected chi connectivity index (χ0v) is 41.6. The van der Waals surface area contributed by atoms with Crippen LogP contribution in [-0.2, 0) is 27.9 Å². The van der Waals surface area contributed by atoms with Crippen LogP contribution in [0.15, 0.2) is 85.1 Å². The van der Waals surface area contributed by atoms with E-state index < -0.39 is 63.1 Å². The Labute approximate surface area is 399 Å². The second-order valence-corrected chi connectivity index (χ2v) is 18.7. The number of hydrogen-bond donors (Lipinski definition) is 6. The first-order valence-electron chi connectivity index (χ1n) is 25.4. The smallest absolute Gasteiger partial charge is 0.457 e. The number of allylic oxidation sites excluding steroid dienone is 14. The number of ether oxygens (including phenoxy) is 2. The molecule has 0 bridgehead atoms. The fraction of sp³-hybridized carbons (Fsp3) is 0.717. The number of aliphatic hydroxyl groups is 5. The topological polar surface area (TPSA) is 192 Å². The molecular formula is C53H91O12P. The van der Waals surface area contributed by atoms with Crippen molar-refractivity contribution in [1.29, 1.82) is 0 Å². The Hall–Kier alpha value is -2.48. The average Bonchev–Trinajstić information content (AvgIpc) is 3.30. The minimum Gasteiger partial charge on any atom is -0.457 e. The van der Waals surface area contributed by atoms with Gasteiger partial charge >= 0.3 is 13.8 Å². The summed E-state index contributed by atoms with van der Waals surface area (Å²) in [5.74, 6) is -0.512. The molecule has 1 aliphatic rings. The molecule has 6 unspecified atom stereocenters. The van der Waals surface area contributed by atoms with Crippen LogP contribution in [0.2, 0.25) is 0 Å². The summed E-state index contributed by atoms with van der Waals surface area (Å²) in [5, 5.41) is 50.3. The molecule has 13 heteroatoms. The van der Waals surface area contributed by atoms with Crippen LogP contribution in [0, 0.1) is 0 Å². The average molecular weight is 951 g/mol. The summed E-state index contributed by atoms with van der Waals surface area (Å²) in [6, 6.07) is 0. The highest BCUT2D eigenvalue weighted by Crippen LogP contribution is 2.47. The van der Waals surface area contributed by atoms with Gasteiger partial charge in [-0.2, -0.15) is 0 Å². The fourth-order valence-electron chi connectivity index (χ4n) is 7.24. The van der Waals surface area contributed by atoms with Crippen molar-refractivity contribution in [2.75, 3.05) is 19.8 Å². The van der Waals surface area contributed by atoms with E-state index in [4.69, 9.17) is 18.5 Å². The van der Waals surface area contributed by atoms with Gasteiger partial charge in [0.05, 0.1) is 13.2 Å². The van der Waals surface area contributed by atoms with Crippen molar-refractivity contribution in [2.24, 2.45) is 0 Å². The predicted molar refractivity (Wildman–Crippen MR) is 267 cm³/mol. The van der Waals surface area contributed by atoms with Crippen molar-refractivity contribution in [3.05, 3.63) is 85.1 Å². The third kappa shape index (κ3) is 33.9. The number of phosphoric ester groups is 1. The number of unbranched alkanes of at least 4 members (excludes halogenated alkanes) is 16. The van der Waals surface area contributed by atoms with Crippen molar-refractivity contribution >= 4 is 13.8 Å². The number of esters is 1. The molecule has 0 heterocycles. The molecule has 1 aliphatic carbocycles. The maximum Gasteiger partial charge on any atom is 0.472 e. The Morgan fingerprint density at radius 1 is 0.500 bits per heavy atom. The van der Waals surface area contributed by atoms with Crippen LogP contribution in [0.1, 0.15) is 181 Å². The molecule has 1 saturated carbocycles. The monoisotopic (exact) mass is 951 g/mol. The van der Waals surface area contributed by atoms with Crippen LogP contribution in [0.4, 0.5) is 0 Å². The molecule has 66 heavy (non-hydrogen) atoms. The number of carbonyl (C=O) groups excluding carboxylic acids is 1. The van der Waals surface area contributed by atoms with Crippen LogP contribution in [-0.4, -0.2) is 98.9 Å². The zero-order valence-electron chi connectivity index (χ0n) is 40.7. The van der Waals surface area contributed by atoms with Gasteiger partial charge in [-0.15, -0.1) is 0 Å². The van der Waals surface area contributed by atoms with Crippen molar-refractivity contribution in [3.8, 4) is 0 Å². The zero-order chi connectivity index (χ0) is 48.4. The predicted octanol–water partition coefficient (Wildman–Crippen LogP) is 11.3. The molecule has 0 aliphatic heterocycles. The molecule has 1 fully saturated rings. The highest BCUT2D eigenvalue weighted by Gasteiger charge is 2.51. The van der Waals surface area contributed by atoms with E-state index >= 15 is 0 Å². The number of phosphoric acid groups is 1. The van der Waals surface area contributed by atoms with E-state index in [9.17, 15) is 39.8 Å². The summed E-state index contributed by atoms with van der Waals surface area (Å²) in [7, 11) is -5.04. The summed E-state index contributed by atoms with van der Waals surface area (Å²) in [6.07, 6.45) is 45.0. The van der Waals surface area contributed by atoms with Gasteiger partial charge in [-0.3, -0.25) is 13.8 Å².